The molecule has 0 aliphatic heterocycles. The van der Waals surface area contributed by atoms with Gasteiger partial charge in [0.1, 0.15) is 6.10 Å². The van der Waals surface area contributed by atoms with Crippen molar-refractivity contribution in [3.8, 4) is 0 Å². The fourth-order valence-corrected chi connectivity index (χ4v) is 2.63. The first-order valence-corrected chi connectivity index (χ1v) is 6.76. The summed E-state index contributed by atoms with van der Waals surface area (Å²) < 4.78 is 0. The highest BCUT2D eigenvalue weighted by molar-refractivity contribution is 5.83. The van der Waals surface area contributed by atoms with Crippen molar-refractivity contribution in [1.29, 1.82) is 0 Å². The average molecular weight is 263 g/mol. The molecule has 1 aromatic heterocycles. The smallest absolute Gasteiger partial charge is 0.105 e. The van der Waals surface area contributed by atoms with Crippen LogP contribution in [0.5, 0.6) is 0 Å². The Morgan fingerprint density at radius 1 is 0.900 bits per heavy atom. The third-order valence-electron chi connectivity index (χ3n) is 3.65. The molecule has 3 rings (SSSR count). The van der Waals surface area contributed by atoms with Crippen LogP contribution in [0.25, 0.3) is 10.9 Å². The first-order valence-electron chi connectivity index (χ1n) is 6.76. The number of aryl methyl sites for hydroxylation is 2. The lowest BCUT2D eigenvalue weighted by atomic mass is 9.94. The van der Waals surface area contributed by atoms with E-state index in [9.17, 15) is 5.11 Å². The van der Waals surface area contributed by atoms with Crippen LogP contribution < -0.4 is 0 Å². The Labute approximate surface area is 118 Å². The van der Waals surface area contributed by atoms with Crippen LogP contribution in [0.1, 0.15) is 28.5 Å². The van der Waals surface area contributed by atoms with Crippen LogP contribution in [0.3, 0.4) is 0 Å². The van der Waals surface area contributed by atoms with Gasteiger partial charge in [-0.25, -0.2) is 0 Å². The molecule has 1 unspecified atom stereocenters. The minimum Gasteiger partial charge on any atom is -0.384 e. The monoisotopic (exact) mass is 263 g/mol. The molecule has 0 saturated heterocycles. The molecule has 1 atom stereocenters. The summed E-state index contributed by atoms with van der Waals surface area (Å²) in [4.78, 5) is 4.52. The maximum atomic E-state index is 10.8. The minimum atomic E-state index is -0.622. The molecule has 100 valence electrons. The first kappa shape index (κ1) is 12.8. The molecule has 0 amide bonds. The van der Waals surface area contributed by atoms with Gasteiger partial charge in [0.25, 0.3) is 0 Å². The summed E-state index contributed by atoms with van der Waals surface area (Å²) in [6.45, 7) is 3.98. The van der Waals surface area contributed by atoms with Gasteiger partial charge in [-0.1, -0.05) is 42.5 Å². The summed E-state index contributed by atoms with van der Waals surface area (Å²) >= 11 is 0. The number of benzene rings is 2. The molecule has 2 nitrogen and oxygen atoms in total. The summed E-state index contributed by atoms with van der Waals surface area (Å²) in [6.07, 6.45) is -0.622. The molecular formula is C18H17NO. The van der Waals surface area contributed by atoms with Gasteiger partial charge in [-0.15, -0.1) is 0 Å². The van der Waals surface area contributed by atoms with Crippen molar-refractivity contribution in [3.63, 3.8) is 0 Å². The molecule has 2 heteroatoms. The maximum absolute atomic E-state index is 10.8. The highest BCUT2D eigenvalue weighted by Gasteiger charge is 2.16. The van der Waals surface area contributed by atoms with Gasteiger partial charge in [0.2, 0.25) is 0 Å². The number of aliphatic hydroxyl groups excluding tert-OH is 1. The Hall–Kier alpha value is -2.19. The van der Waals surface area contributed by atoms with E-state index in [1.54, 1.807) is 0 Å². The zero-order valence-electron chi connectivity index (χ0n) is 11.7. The number of pyridine rings is 1. The predicted octanol–water partition coefficient (Wildman–Crippen LogP) is 3.93. The maximum Gasteiger partial charge on any atom is 0.105 e. The SMILES string of the molecule is Cc1cc(C(O)c2ccccc2C)c2ccccc2n1. The number of rotatable bonds is 2. The van der Waals surface area contributed by atoms with Crippen LogP contribution in [-0.4, -0.2) is 10.1 Å². The quantitative estimate of drug-likeness (QED) is 0.760. The Balaban J connectivity index is 2.21. The van der Waals surface area contributed by atoms with Crippen LogP contribution in [0.15, 0.2) is 54.6 Å². The highest BCUT2D eigenvalue weighted by atomic mass is 16.3. The summed E-state index contributed by atoms with van der Waals surface area (Å²) in [5, 5.41) is 11.8. The van der Waals surface area contributed by atoms with Gasteiger partial charge in [0, 0.05) is 11.1 Å². The lowest BCUT2D eigenvalue weighted by Gasteiger charge is -2.16. The van der Waals surface area contributed by atoms with E-state index in [4.69, 9.17) is 0 Å². The molecule has 0 spiro atoms. The van der Waals surface area contributed by atoms with E-state index in [1.807, 2.05) is 68.4 Å². The fraction of sp³-hybridized carbons (Fsp3) is 0.167. The molecule has 1 heterocycles. The van der Waals surface area contributed by atoms with Crippen molar-refractivity contribution in [1.82, 2.24) is 4.98 Å². The number of aromatic nitrogens is 1. The Morgan fingerprint density at radius 3 is 2.40 bits per heavy atom. The fourth-order valence-electron chi connectivity index (χ4n) is 2.63. The van der Waals surface area contributed by atoms with Crippen molar-refractivity contribution in [3.05, 3.63) is 77.0 Å². The van der Waals surface area contributed by atoms with E-state index >= 15 is 0 Å². The molecular weight excluding hydrogens is 246 g/mol. The van der Waals surface area contributed by atoms with Crippen LogP contribution in [0.2, 0.25) is 0 Å². The van der Waals surface area contributed by atoms with Crippen LogP contribution in [0, 0.1) is 13.8 Å². The van der Waals surface area contributed by atoms with Gasteiger partial charge < -0.3 is 5.11 Å². The van der Waals surface area contributed by atoms with Gasteiger partial charge in [-0.2, -0.15) is 0 Å². The Bertz CT molecular complexity index is 764. The van der Waals surface area contributed by atoms with Gasteiger partial charge in [0.05, 0.1) is 5.52 Å². The summed E-state index contributed by atoms with van der Waals surface area (Å²) in [5.74, 6) is 0. The van der Waals surface area contributed by atoms with Crippen molar-refractivity contribution in [2.24, 2.45) is 0 Å². The summed E-state index contributed by atoms with van der Waals surface area (Å²) in [6, 6.07) is 17.9. The molecule has 3 aromatic rings. The molecule has 20 heavy (non-hydrogen) atoms. The van der Waals surface area contributed by atoms with Crippen LogP contribution in [0.4, 0.5) is 0 Å². The van der Waals surface area contributed by atoms with Gasteiger partial charge in [0.15, 0.2) is 0 Å². The normalized spacial score (nSPS) is 12.6. The second-order valence-corrected chi connectivity index (χ2v) is 5.13. The molecule has 0 bridgehead atoms. The molecule has 0 aliphatic rings. The standard InChI is InChI=1S/C18H17NO/c1-12-7-3-4-8-14(12)18(20)16-11-13(2)19-17-10-6-5-9-15(16)17/h3-11,18,20H,1-2H3. The largest absolute Gasteiger partial charge is 0.384 e. The van der Waals surface area contributed by atoms with E-state index in [2.05, 4.69) is 4.98 Å². The van der Waals surface area contributed by atoms with Crippen LogP contribution in [-0.2, 0) is 0 Å². The third kappa shape index (κ3) is 2.19. The first-order chi connectivity index (χ1) is 9.66. The third-order valence-corrected chi connectivity index (χ3v) is 3.65. The number of hydrogen-bond donors (Lipinski definition) is 1. The van der Waals surface area contributed by atoms with E-state index in [0.717, 1.165) is 33.3 Å². The zero-order valence-corrected chi connectivity index (χ0v) is 11.7. The zero-order chi connectivity index (χ0) is 14.1. The predicted molar refractivity (Wildman–Crippen MR) is 81.7 cm³/mol. The molecule has 0 radical (unpaired) electrons. The van der Waals surface area contributed by atoms with E-state index in [-0.39, 0.29) is 0 Å². The number of aliphatic hydroxyl groups is 1. The van der Waals surface area contributed by atoms with Gasteiger partial charge in [-0.05, 0) is 42.7 Å². The Morgan fingerprint density at radius 2 is 1.60 bits per heavy atom. The van der Waals surface area contributed by atoms with Gasteiger partial charge in [-0.3, -0.25) is 4.98 Å². The summed E-state index contributed by atoms with van der Waals surface area (Å²) in [7, 11) is 0. The average Bonchev–Trinajstić information content (AvgIpc) is 2.46. The number of hydrogen-bond acceptors (Lipinski definition) is 2. The van der Waals surface area contributed by atoms with Crippen molar-refractivity contribution >= 4 is 10.9 Å². The molecule has 0 fully saturated rings. The van der Waals surface area contributed by atoms with E-state index in [1.165, 1.54) is 0 Å². The molecule has 0 saturated carbocycles. The highest BCUT2D eigenvalue weighted by Crippen LogP contribution is 2.30. The van der Waals surface area contributed by atoms with Crippen molar-refractivity contribution in [2.45, 2.75) is 20.0 Å². The topological polar surface area (TPSA) is 33.1 Å². The second-order valence-electron chi connectivity index (χ2n) is 5.13. The molecule has 1 N–H and O–H groups in total. The number of fused-ring (bicyclic) bond motifs is 1. The van der Waals surface area contributed by atoms with E-state index in [0.29, 0.717) is 0 Å². The van der Waals surface area contributed by atoms with Crippen molar-refractivity contribution < 1.29 is 5.11 Å². The molecule has 0 aliphatic carbocycles. The van der Waals surface area contributed by atoms with Crippen LogP contribution >= 0.6 is 0 Å². The van der Waals surface area contributed by atoms with Crippen molar-refractivity contribution in [2.75, 3.05) is 0 Å². The molecule has 2 aromatic carbocycles. The minimum absolute atomic E-state index is 0.622. The lowest BCUT2D eigenvalue weighted by Crippen LogP contribution is -2.04. The van der Waals surface area contributed by atoms with E-state index < -0.39 is 6.10 Å². The summed E-state index contributed by atoms with van der Waals surface area (Å²) in [5.41, 5.74) is 4.81. The second kappa shape index (κ2) is 5.06. The van der Waals surface area contributed by atoms with Gasteiger partial charge >= 0.3 is 0 Å². The lowest BCUT2D eigenvalue weighted by molar-refractivity contribution is 0.221. The number of nitrogens with zero attached hydrogens (tertiary/aromatic N) is 1. The Kier molecular flexibility index (Phi) is 3.25. The number of para-hydroxylation sites is 1.